The van der Waals surface area contributed by atoms with E-state index in [1.807, 2.05) is 31.2 Å². The molecule has 0 fully saturated rings. The van der Waals surface area contributed by atoms with Crippen LogP contribution in [0.2, 0.25) is 0 Å². The fourth-order valence-corrected chi connectivity index (χ4v) is 4.02. The highest BCUT2D eigenvalue weighted by Crippen LogP contribution is 2.26. The van der Waals surface area contributed by atoms with Crippen molar-refractivity contribution in [3.05, 3.63) is 82.4 Å². The fourth-order valence-electron chi connectivity index (χ4n) is 2.77. The van der Waals surface area contributed by atoms with E-state index in [2.05, 4.69) is 20.9 Å². The molecule has 0 spiro atoms. The van der Waals surface area contributed by atoms with Gasteiger partial charge in [-0.25, -0.2) is 0 Å². The summed E-state index contributed by atoms with van der Waals surface area (Å²) in [7, 11) is 1.75. The minimum Gasteiger partial charge on any atom is -0.319 e. The van der Waals surface area contributed by atoms with Gasteiger partial charge in [-0.15, -0.1) is 11.3 Å². The minimum absolute atomic E-state index is 0.220. The van der Waals surface area contributed by atoms with Crippen molar-refractivity contribution in [2.75, 3.05) is 0 Å². The van der Waals surface area contributed by atoms with Crippen molar-refractivity contribution < 1.29 is 14.6 Å². The quantitative estimate of drug-likeness (QED) is 0.408. The lowest BCUT2D eigenvalue weighted by Crippen LogP contribution is -2.14. The number of nitrogens with zero attached hydrogens (tertiary/aromatic N) is 4. The molecule has 0 atom stereocenters. The minimum atomic E-state index is -0.795. The van der Waals surface area contributed by atoms with Crippen LogP contribution < -0.4 is 4.80 Å². The van der Waals surface area contributed by atoms with E-state index in [-0.39, 0.29) is 5.56 Å². The molecule has 0 aliphatic rings. The smallest absolute Gasteiger partial charge is 0.280 e. The number of halogens is 1. The van der Waals surface area contributed by atoms with Gasteiger partial charge in [-0.05, 0) is 24.6 Å². The number of nitro groups is 2. The highest BCUT2D eigenvalue weighted by molar-refractivity contribution is 9.10. The van der Waals surface area contributed by atoms with Crippen LogP contribution in [0.4, 0.5) is 11.4 Å². The monoisotopic (exact) mass is 476 g/mol. The van der Waals surface area contributed by atoms with E-state index >= 15 is 0 Å². The van der Waals surface area contributed by atoms with Gasteiger partial charge in [0.25, 0.3) is 17.3 Å². The molecule has 3 rings (SSSR count). The third-order valence-corrected chi connectivity index (χ3v) is 5.66. The van der Waals surface area contributed by atoms with Crippen molar-refractivity contribution in [3.63, 3.8) is 0 Å². The second-order valence-corrected chi connectivity index (χ2v) is 8.12. The van der Waals surface area contributed by atoms with Gasteiger partial charge in [-0.1, -0.05) is 28.1 Å². The second-order valence-electron chi connectivity index (χ2n) is 6.02. The summed E-state index contributed by atoms with van der Waals surface area (Å²) in [5, 5.41) is 22.1. The van der Waals surface area contributed by atoms with Crippen LogP contribution in [0, 0.1) is 27.2 Å². The number of carbonyl (C=O) groups excluding carboxylic acids is 1. The number of hydrogen-bond acceptors (Lipinski definition) is 6. The SMILES string of the molecule is Cc1sc(=NC(=O)c2cc([N+](=O)[O-])cc([N+](=O)[O-])c2)n(C)c1-c1ccc(Br)cc1. The highest BCUT2D eigenvalue weighted by atomic mass is 79.9. The summed E-state index contributed by atoms with van der Waals surface area (Å²) in [6, 6.07) is 10.4. The third kappa shape index (κ3) is 4.30. The summed E-state index contributed by atoms with van der Waals surface area (Å²) in [5.74, 6) is -0.795. The number of aromatic nitrogens is 1. The number of hydrogen-bond donors (Lipinski definition) is 0. The number of rotatable bonds is 4. The summed E-state index contributed by atoms with van der Waals surface area (Å²) in [5.41, 5.74) is 0.505. The van der Waals surface area contributed by atoms with Gasteiger partial charge in [-0.3, -0.25) is 25.0 Å². The first-order valence-electron chi connectivity index (χ1n) is 8.12. The second kappa shape index (κ2) is 8.05. The maximum absolute atomic E-state index is 12.6. The summed E-state index contributed by atoms with van der Waals surface area (Å²) < 4.78 is 2.68. The zero-order valence-electron chi connectivity index (χ0n) is 15.2. The first-order valence-corrected chi connectivity index (χ1v) is 9.73. The zero-order valence-corrected chi connectivity index (χ0v) is 17.6. The van der Waals surface area contributed by atoms with E-state index in [0.29, 0.717) is 4.80 Å². The number of thiazole rings is 1. The summed E-state index contributed by atoms with van der Waals surface area (Å²) >= 11 is 4.67. The lowest BCUT2D eigenvalue weighted by Gasteiger charge is -2.05. The molecule has 0 saturated carbocycles. The summed E-state index contributed by atoms with van der Waals surface area (Å²) in [6.45, 7) is 1.89. The predicted molar refractivity (Wildman–Crippen MR) is 111 cm³/mol. The third-order valence-electron chi connectivity index (χ3n) is 4.09. The van der Waals surface area contributed by atoms with E-state index in [9.17, 15) is 25.0 Å². The molecule has 2 aromatic carbocycles. The summed E-state index contributed by atoms with van der Waals surface area (Å²) in [6.07, 6.45) is 0. The first-order chi connectivity index (χ1) is 13.7. The van der Waals surface area contributed by atoms with Gasteiger partial charge in [0.05, 0.1) is 27.2 Å². The molecule has 1 aromatic heterocycles. The van der Waals surface area contributed by atoms with E-state index < -0.39 is 27.1 Å². The Labute approximate surface area is 176 Å². The van der Waals surface area contributed by atoms with Gasteiger partial charge in [0, 0.05) is 28.5 Å². The van der Waals surface area contributed by atoms with Crippen molar-refractivity contribution in [1.82, 2.24) is 4.57 Å². The Bertz CT molecular complexity index is 1180. The Hall–Kier alpha value is -3.18. The van der Waals surface area contributed by atoms with Crippen molar-refractivity contribution >= 4 is 44.5 Å². The standard InChI is InChI=1S/C18H13BrN4O5S/c1-10-16(11-3-5-13(19)6-4-11)21(2)18(29-10)20-17(24)12-7-14(22(25)26)9-15(8-12)23(27)28/h3-9H,1-2H3. The molecule has 0 saturated heterocycles. The largest absolute Gasteiger partial charge is 0.319 e. The molecule has 0 aliphatic carbocycles. The first kappa shape index (κ1) is 20.6. The van der Waals surface area contributed by atoms with Crippen LogP contribution in [-0.4, -0.2) is 20.3 Å². The van der Waals surface area contributed by atoms with Crippen molar-refractivity contribution in [3.8, 4) is 11.3 Å². The molecule has 148 valence electrons. The number of benzene rings is 2. The highest BCUT2D eigenvalue weighted by Gasteiger charge is 2.20. The topological polar surface area (TPSA) is 121 Å². The molecular weight excluding hydrogens is 464 g/mol. The van der Waals surface area contributed by atoms with E-state index in [0.717, 1.165) is 38.8 Å². The van der Waals surface area contributed by atoms with Gasteiger partial charge in [0.2, 0.25) is 0 Å². The molecule has 29 heavy (non-hydrogen) atoms. The van der Waals surface area contributed by atoms with Crippen LogP contribution in [0.15, 0.2) is 51.9 Å². The van der Waals surface area contributed by atoms with Crippen molar-refractivity contribution in [1.29, 1.82) is 0 Å². The van der Waals surface area contributed by atoms with Crippen LogP contribution in [0.3, 0.4) is 0 Å². The lowest BCUT2D eigenvalue weighted by atomic mass is 10.1. The average Bonchev–Trinajstić information content (AvgIpc) is 2.95. The van der Waals surface area contributed by atoms with Crippen LogP contribution in [-0.2, 0) is 7.05 Å². The van der Waals surface area contributed by atoms with E-state index in [4.69, 9.17) is 0 Å². The van der Waals surface area contributed by atoms with Gasteiger partial charge in [0.15, 0.2) is 4.80 Å². The van der Waals surface area contributed by atoms with Crippen molar-refractivity contribution in [2.24, 2.45) is 12.0 Å². The van der Waals surface area contributed by atoms with Crippen LogP contribution in [0.1, 0.15) is 15.2 Å². The number of carbonyl (C=O) groups is 1. The molecule has 1 amide bonds. The number of aryl methyl sites for hydroxylation is 1. The zero-order chi connectivity index (χ0) is 21.3. The van der Waals surface area contributed by atoms with Gasteiger partial charge in [0.1, 0.15) is 0 Å². The molecule has 0 N–H and O–H groups in total. The molecule has 0 bridgehead atoms. The molecule has 1 heterocycles. The lowest BCUT2D eigenvalue weighted by molar-refractivity contribution is -0.394. The maximum atomic E-state index is 12.6. The fraction of sp³-hybridized carbons (Fsp3) is 0.111. The van der Waals surface area contributed by atoms with Gasteiger partial charge in [-0.2, -0.15) is 4.99 Å². The van der Waals surface area contributed by atoms with Crippen LogP contribution >= 0.6 is 27.3 Å². The maximum Gasteiger partial charge on any atom is 0.280 e. The van der Waals surface area contributed by atoms with E-state index in [1.54, 1.807) is 11.6 Å². The Kier molecular flexibility index (Phi) is 5.71. The molecule has 11 heteroatoms. The Morgan fingerprint density at radius 1 is 1.07 bits per heavy atom. The summed E-state index contributed by atoms with van der Waals surface area (Å²) in [4.78, 5) is 38.4. The molecule has 3 aromatic rings. The Balaban J connectivity index is 2.09. The number of amides is 1. The average molecular weight is 477 g/mol. The molecule has 9 nitrogen and oxygen atoms in total. The van der Waals surface area contributed by atoms with Crippen molar-refractivity contribution in [2.45, 2.75) is 6.92 Å². The predicted octanol–water partition coefficient (Wildman–Crippen LogP) is 4.38. The van der Waals surface area contributed by atoms with E-state index in [1.165, 1.54) is 11.3 Å². The Morgan fingerprint density at radius 2 is 1.62 bits per heavy atom. The Morgan fingerprint density at radius 3 is 2.14 bits per heavy atom. The number of nitro benzene ring substituents is 2. The van der Waals surface area contributed by atoms with Crippen LogP contribution in [0.5, 0.6) is 0 Å². The molecule has 0 unspecified atom stereocenters. The normalized spacial score (nSPS) is 11.5. The molecule has 0 radical (unpaired) electrons. The number of non-ortho nitro benzene ring substituents is 2. The van der Waals surface area contributed by atoms with Crippen LogP contribution in [0.25, 0.3) is 11.3 Å². The molecule has 0 aliphatic heterocycles. The van der Waals surface area contributed by atoms with Gasteiger partial charge >= 0.3 is 0 Å². The van der Waals surface area contributed by atoms with Gasteiger partial charge < -0.3 is 4.57 Å². The molecular formula is C18H13BrN4O5S.